The molecule has 1 aromatic heterocycles. The third-order valence-corrected chi connectivity index (χ3v) is 2.83. The van der Waals surface area contributed by atoms with E-state index in [0.717, 1.165) is 12.1 Å². The van der Waals surface area contributed by atoms with Crippen molar-refractivity contribution in [3.05, 3.63) is 17.5 Å². The van der Waals surface area contributed by atoms with Gasteiger partial charge in [0.15, 0.2) is 0 Å². The van der Waals surface area contributed by atoms with E-state index in [-0.39, 0.29) is 11.9 Å². The molecule has 5 nitrogen and oxygen atoms in total. The highest BCUT2D eigenvalue weighted by Crippen LogP contribution is 2.12. The summed E-state index contributed by atoms with van der Waals surface area (Å²) in [6.07, 6.45) is 0.879. The van der Waals surface area contributed by atoms with E-state index in [9.17, 15) is 4.79 Å². The van der Waals surface area contributed by atoms with Gasteiger partial charge in [0.2, 0.25) is 0 Å². The minimum absolute atomic E-state index is 0.0108. The number of hydrogen-bond donors (Lipinski definition) is 3. The molecule has 1 heterocycles. The summed E-state index contributed by atoms with van der Waals surface area (Å²) in [6.45, 7) is 8.78. The van der Waals surface area contributed by atoms with E-state index < -0.39 is 0 Å². The van der Waals surface area contributed by atoms with Crippen LogP contribution >= 0.6 is 0 Å². The Morgan fingerprint density at radius 3 is 2.56 bits per heavy atom. The van der Waals surface area contributed by atoms with Crippen LogP contribution in [-0.4, -0.2) is 28.7 Å². The first-order valence-corrected chi connectivity index (χ1v) is 6.50. The normalized spacial score (nSPS) is 13.1. The van der Waals surface area contributed by atoms with Gasteiger partial charge >= 0.3 is 0 Å². The highest BCUT2D eigenvalue weighted by Gasteiger charge is 2.16. The van der Waals surface area contributed by atoms with Crippen LogP contribution in [0.2, 0.25) is 0 Å². The molecule has 0 saturated heterocycles. The second-order valence-corrected chi connectivity index (χ2v) is 5.40. The zero-order valence-corrected chi connectivity index (χ0v) is 11.7. The van der Waals surface area contributed by atoms with Crippen molar-refractivity contribution in [3.8, 4) is 0 Å². The fraction of sp³-hybridized carbons (Fsp3) is 0.692. The van der Waals surface area contributed by atoms with Crippen LogP contribution in [0.1, 0.15) is 56.2 Å². The smallest absolute Gasteiger partial charge is 0.272 e. The molecule has 0 aliphatic heterocycles. The second kappa shape index (κ2) is 6.54. The van der Waals surface area contributed by atoms with Gasteiger partial charge in [-0.05, 0) is 24.3 Å². The number of nitrogens with zero attached hydrogens (tertiary/aromatic N) is 1. The number of carbonyl (C=O) groups is 1. The highest BCUT2D eigenvalue weighted by molar-refractivity contribution is 5.92. The molecule has 1 rings (SSSR count). The van der Waals surface area contributed by atoms with Gasteiger partial charge in [0.1, 0.15) is 5.69 Å². The Balaban J connectivity index is 2.62. The third-order valence-electron chi connectivity index (χ3n) is 2.83. The number of aromatic nitrogens is 2. The molecule has 102 valence electrons. The first kappa shape index (κ1) is 14.7. The molecule has 5 heteroatoms. The van der Waals surface area contributed by atoms with Crippen molar-refractivity contribution in [2.45, 2.75) is 46.1 Å². The van der Waals surface area contributed by atoms with E-state index in [0.29, 0.717) is 24.1 Å². The molecule has 18 heavy (non-hydrogen) atoms. The Kier molecular flexibility index (Phi) is 5.34. The lowest BCUT2D eigenvalue weighted by atomic mass is 10.0. The van der Waals surface area contributed by atoms with Gasteiger partial charge < -0.3 is 11.1 Å². The van der Waals surface area contributed by atoms with Gasteiger partial charge in [-0.2, -0.15) is 5.10 Å². The molecule has 0 spiro atoms. The number of nitrogens with two attached hydrogens (primary N) is 1. The summed E-state index contributed by atoms with van der Waals surface area (Å²) in [6, 6.07) is 1.81. The molecule has 1 atom stereocenters. The first-order valence-electron chi connectivity index (χ1n) is 6.50. The summed E-state index contributed by atoms with van der Waals surface area (Å²) < 4.78 is 0. The predicted octanol–water partition coefficient (Wildman–Crippen LogP) is 1.64. The molecule has 0 bridgehead atoms. The van der Waals surface area contributed by atoms with Crippen molar-refractivity contribution in [2.75, 3.05) is 6.54 Å². The van der Waals surface area contributed by atoms with E-state index in [4.69, 9.17) is 5.73 Å². The van der Waals surface area contributed by atoms with Crippen LogP contribution in [0, 0.1) is 5.92 Å². The average Bonchev–Trinajstić information content (AvgIpc) is 2.76. The van der Waals surface area contributed by atoms with E-state index >= 15 is 0 Å². The molecule has 1 amide bonds. The molecule has 0 saturated carbocycles. The lowest BCUT2D eigenvalue weighted by molar-refractivity contribution is 0.0928. The van der Waals surface area contributed by atoms with Gasteiger partial charge in [-0.3, -0.25) is 9.89 Å². The zero-order chi connectivity index (χ0) is 13.7. The van der Waals surface area contributed by atoms with Crippen molar-refractivity contribution in [3.63, 3.8) is 0 Å². The van der Waals surface area contributed by atoms with Gasteiger partial charge in [-0.25, -0.2) is 0 Å². The molecule has 0 aliphatic rings. The number of amides is 1. The lowest BCUT2D eigenvalue weighted by Gasteiger charge is -2.17. The molecular weight excluding hydrogens is 228 g/mol. The summed E-state index contributed by atoms with van der Waals surface area (Å²) in [4.78, 5) is 12.0. The van der Waals surface area contributed by atoms with Crippen molar-refractivity contribution in [2.24, 2.45) is 11.7 Å². The van der Waals surface area contributed by atoms with Crippen LogP contribution < -0.4 is 11.1 Å². The maximum Gasteiger partial charge on any atom is 0.272 e. The number of rotatable bonds is 6. The van der Waals surface area contributed by atoms with Crippen LogP contribution in [0.15, 0.2) is 6.07 Å². The minimum atomic E-state index is -0.158. The Morgan fingerprint density at radius 1 is 1.44 bits per heavy atom. The van der Waals surface area contributed by atoms with E-state index in [1.807, 2.05) is 0 Å². The molecule has 4 N–H and O–H groups in total. The van der Waals surface area contributed by atoms with Gasteiger partial charge in [-0.1, -0.05) is 27.7 Å². The van der Waals surface area contributed by atoms with Gasteiger partial charge in [0, 0.05) is 18.3 Å². The SMILES string of the molecule is CC(C)CC(CN)NC(=O)c1cc(C(C)C)[nH]n1. The number of aromatic amines is 1. The van der Waals surface area contributed by atoms with Gasteiger partial charge in [-0.15, -0.1) is 0 Å². The van der Waals surface area contributed by atoms with Crippen LogP contribution in [0.25, 0.3) is 0 Å². The van der Waals surface area contributed by atoms with Crippen molar-refractivity contribution in [1.82, 2.24) is 15.5 Å². The Hall–Kier alpha value is -1.36. The topological polar surface area (TPSA) is 83.8 Å². The summed E-state index contributed by atoms with van der Waals surface area (Å²) in [7, 11) is 0. The largest absolute Gasteiger partial charge is 0.347 e. The quantitative estimate of drug-likeness (QED) is 0.719. The van der Waals surface area contributed by atoms with Crippen LogP contribution in [-0.2, 0) is 0 Å². The van der Waals surface area contributed by atoms with Crippen molar-refractivity contribution >= 4 is 5.91 Å². The summed E-state index contributed by atoms with van der Waals surface area (Å²) in [5, 5.41) is 9.82. The molecular formula is C13H24N4O. The lowest BCUT2D eigenvalue weighted by Crippen LogP contribution is -2.41. The minimum Gasteiger partial charge on any atom is -0.347 e. The summed E-state index contributed by atoms with van der Waals surface area (Å²) in [5.74, 6) is 0.679. The highest BCUT2D eigenvalue weighted by atomic mass is 16.2. The maximum atomic E-state index is 12.0. The third kappa shape index (κ3) is 4.14. The van der Waals surface area contributed by atoms with Gasteiger partial charge in [0.05, 0.1) is 0 Å². The molecule has 0 aliphatic carbocycles. The number of hydrogen-bond acceptors (Lipinski definition) is 3. The Morgan fingerprint density at radius 2 is 2.11 bits per heavy atom. The molecule has 0 aromatic carbocycles. The van der Waals surface area contributed by atoms with Crippen molar-refractivity contribution in [1.29, 1.82) is 0 Å². The second-order valence-electron chi connectivity index (χ2n) is 5.40. The van der Waals surface area contributed by atoms with Crippen LogP contribution in [0.4, 0.5) is 0 Å². The number of nitrogens with one attached hydrogen (secondary N) is 2. The standard InChI is InChI=1S/C13H24N4O/c1-8(2)5-10(7-14)15-13(18)12-6-11(9(3)4)16-17-12/h6,8-10H,5,7,14H2,1-4H3,(H,15,18)(H,16,17). The van der Waals surface area contributed by atoms with E-state index in [2.05, 4.69) is 43.2 Å². The van der Waals surface area contributed by atoms with Crippen LogP contribution in [0.3, 0.4) is 0 Å². The first-order chi connectivity index (χ1) is 8.43. The molecule has 0 radical (unpaired) electrons. The zero-order valence-electron chi connectivity index (χ0n) is 11.7. The van der Waals surface area contributed by atoms with E-state index in [1.54, 1.807) is 6.07 Å². The molecule has 0 fully saturated rings. The van der Waals surface area contributed by atoms with Crippen LogP contribution in [0.5, 0.6) is 0 Å². The number of carbonyl (C=O) groups excluding carboxylic acids is 1. The Labute approximate surface area is 109 Å². The van der Waals surface area contributed by atoms with Crippen molar-refractivity contribution < 1.29 is 4.79 Å². The predicted molar refractivity (Wildman–Crippen MR) is 72.4 cm³/mol. The Bertz CT molecular complexity index is 384. The average molecular weight is 252 g/mol. The summed E-state index contributed by atoms with van der Waals surface area (Å²) >= 11 is 0. The molecule has 1 unspecified atom stereocenters. The monoisotopic (exact) mass is 252 g/mol. The van der Waals surface area contributed by atoms with Gasteiger partial charge in [0.25, 0.3) is 5.91 Å². The summed E-state index contributed by atoms with van der Waals surface area (Å²) in [5.41, 5.74) is 7.06. The maximum absolute atomic E-state index is 12.0. The van der Waals surface area contributed by atoms with E-state index in [1.165, 1.54) is 0 Å². The fourth-order valence-electron chi connectivity index (χ4n) is 1.79. The fourth-order valence-corrected chi connectivity index (χ4v) is 1.79. The molecule has 1 aromatic rings. The number of H-pyrrole nitrogens is 1.